The molecule has 0 saturated carbocycles. The Morgan fingerprint density at radius 1 is 1.25 bits per heavy atom. The normalized spacial score (nSPS) is 16.6. The summed E-state index contributed by atoms with van der Waals surface area (Å²) < 4.78 is 0. The monoisotopic (exact) mass is 304 g/mol. The van der Waals surface area contributed by atoms with Crippen LogP contribution in [0.5, 0.6) is 0 Å². The van der Waals surface area contributed by atoms with Gasteiger partial charge in [-0.15, -0.1) is 12.4 Å². The van der Waals surface area contributed by atoms with Gasteiger partial charge in [-0.2, -0.15) is 0 Å². The highest BCUT2D eigenvalue weighted by molar-refractivity contribution is 5.85. The number of carbonyl (C=O) groups excluding carboxylic acids is 1. The minimum atomic E-state index is 0. The highest BCUT2D eigenvalue weighted by atomic mass is 35.5. The SMILES string of the molecule is CCCN(C(=O)CCCC(C)(C)C)C1CCNCC1.Cl. The molecule has 0 aromatic heterocycles. The lowest BCUT2D eigenvalue weighted by Crippen LogP contribution is -2.46. The van der Waals surface area contributed by atoms with Gasteiger partial charge in [-0.3, -0.25) is 4.79 Å². The second kappa shape index (κ2) is 9.62. The van der Waals surface area contributed by atoms with Gasteiger partial charge in [0.25, 0.3) is 0 Å². The van der Waals surface area contributed by atoms with Gasteiger partial charge in [0.05, 0.1) is 0 Å². The van der Waals surface area contributed by atoms with Crippen molar-refractivity contribution in [3.8, 4) is 0 Å². The smallest absolute Gasteiger partial charge is 0.222 e. The fourth-order valence-electron chi connectivity index (χ4n) is 2.78. The molecule has 0 bridgehead atoms. The first-order valence-corrected chi connectivity index (χ1v) is 7.94. The van der Waals surface area contributed by atoms with E-state index < -0.39 is 0 Å². The molecule has 1 heterocycles. The molecule has 120 valence electrons. The van der Waals surface area contributed by atoms with E-state index in [1.807, 2.05) is 0 Å². The van der Waals surface area contributed by atoms with Crippen molar-refractivity contribution in [2.75, 3.05) is 19.6 Å². The summed E-state index contributed by atoms with van der Waals surface area (Å²) >= 11 is 0. The zero-order valence-electron chi connectivity index (χ0n) is 13.7. The molecule has 0 radical (unpaired) electrons. The van der Waals surface area contributed by atoms with Gasteiger partial charge in [0.1, 0.15) is 0 Å². The maximum absolute atomic E-state index is 12.4. The maximum Gasteiger partial charge on any atom is 0.222 e. The van der Waals surface area contributed by atoms with Crippen molar-refractivity contribution < 1.29 is 4.79 Å². The van der Waals surface area contributed by atoms with E-state index in [-0.39, 0.29) is 12.4 Å². The highest BCUT2D eigenvalue weighted by Gasteiger charge is 2.24. The van der Waals surface area contributed by atoms with Crippen LogP contribution in [-0.4, -0.2) is 36.5 Å². The summed E-state index contributed by atoms with van der Waals surface area (Å²) in [5.74, 6) is 0.373. The molecule has 0 aliphatic carbocycles. The summed E-state index contributed by atoms with van der Waals surface area (Å²) in [5.41, 5.74) is 0.338. The zero-order valence-corrected chi connectivity index (χ0v) is 14.5. The Morgan fingerprint density at radius 3 is 2.35 bits per heavy atom. The Hall–Kier alpha value is -0.280. The summed E-state index contributed by atoms with van der Waals surface area (Å²) in [4.78, 5) is 14.6. The van der Waals surface area contributed by atoms with Crippen molar-refractivity contribution in [2.45, 2.75) is 72.3 Å². The lowest BCUT2D eigenvalue weighted by atomic mass is 9.89. The molecule has 0 aromatic rings. The molecule has 0 unspecified atom stereocenters. The van der Waals surface area contributed by atoms with Crippen LogP contribution in [0, 0.1) is 5.41 Å². The molecule has 1 aliphatic rings. The molecule has 3 nitrogen and oxygen atoms in total. The third-order valence-electron chi connectivity index (χ3n) is 3.85. The van der Waals surface area contributed by atoms with Crippen LogP contribution in [0.3, 0.4) is 0 Å². The van der Waals surface area contributed by atoms with E-state index in [1.54, 1.807) is 0 Å². The lowest BCUT2D eigenvalue weighted by molar-refractivity contribution is -0.134. The van der Waals surface area contributed by atoms with E-state index in [2.05, 4.69) is 37.9 Å². The van der Waals surface area contributed by atoms with Crippen LogP contribution in [0.1, 0.15) is 66.2 Å². The predicted octanol–water partition coefficient (Wildman–Crippen LogP) is 3.62. The van der Waals surface area contributed by atoms with Crippen LogP contribution in [-0.2, 0) is 4.79 Å². The number of carbonyl (C=O) groups is 1. The average Bonchev–Trinajstić information content (AvgIpc) is 2.35. The minimum absolute atomic E-state index is 0. The van der Waals surface area contributed by atoms with Gasteiger partial charge < -0.3 is 10.2 Å². The molecular formula is C16H33ClN2O. The second-order valence-electron chi connectivity index (χ2n) is 6.98. The van der Waals surface area contributed by atoms with Crippen LogP contribution < -0.4 is 5.32 Å². The summed E-state index contributed by atoms with van der Waals surface area (Å²) in [6, 6.07) is 0.475. The van der Waals surface area contributed by atoms with Crippen molar-refractivity contribution >= 4 is 18.3 Å². The van der Waals surface area contributed by atoms with Crippen LogP contribution in [0.15, 0.2) is 0 Å². The van der Waals surface area contributed by atoms with Gasteiger partial charge in [-0.1, -0.05) is 27.7 Å². The molecule has 1 saturated heterocycles. The number of hydrogen-bond donors (Lipinski definition) is 1. The van der Waals surface area contributed by atoms with Gasteiger partial charge in [0, 0.05) is 19.0 Å². The Morgan fingerprint density at radius 2 is 1.85 bits per heavy atom. The maximum atomic E-state index is 12.4. The van der Waals surface area contributed by atoms with E-state index in [4.69, 9.17) is 0 Å². The van der Waals surface area contributed by atoms with Crippen LogP contribution in [0.2, 0.25) is 0 Å². The zero-order chi connectivity index (χ0) is 14.3. The number of halogens is 1. The average molecular weight is 305 g/mol. The fourth-order valence-corrected chi connectivity index (χ4v) is 2.78. The first-order valence-electron chi connectivity index (χ1n) is 7.94. The summed E-state index contributed by atoms with van der Waals surface area (Å²) in [5, 5.41) is 3.38. The van der Waals surface area contributed by atoms with Crippen molar-refractivity contribution in [1.29, 1.82) is 0 Å². The van der Waals surface area contributed by atoms with Gasteiger partial charge >= 0.3 is 0 Å². The second-order valence-corrected chi connectivity index (χ2v) is 6.98. The molecule has 4 heteroatoms. The molecule has 1 rings (SSSR count). The van der Waals surface area contributed by atoms with Crippen molar-refractivity contribution in [2.24, 2.45) is 5.41 Å². The van der Waals surface area contributed by atoms with Crippen LogP contribution in [0.4, 0.5) is 0 Å². The third kappa shape index (κ3) is 7.49. The lowest BCUT2D eigenvalue weighted by Gasteiger charge is -2.35. The standard InChI is InChI=1S/C16H32N2O.ClH/c1-5-13-18(14-8-11-17-12-9-14)15(19)7-6-10-16(2,3)4;/h14,17H,5-13H2,1-4H3;1H. The third-order valence-corrected chi connectivity index (χ3v) is 3.85. The van der Waals surface area contributed by atoms with Gasteiger partial charge in [-0.25, -0.2) is 0 Å². The van der Waals surface area contributed by atoms with Crippen molar-refractivity contribution in [3.05, 3.63) is 0 Å². The number of hydrogen-bond acceptors (Lipinski definition) is 2. The van der Waals surface area contributed by atoms with Gasteiger partial charge in [0.15, 0.2) is 0 Å². The van der Waals surface area contributed by atoms with Gasteiger partial charge in [0.2, 0.25) is 5.91 Å². The number of rotatable bonds is 6. The summed E-state index contributed by atoms with van der Waals surface area (Å²) in [6.45, 7) is 11.9. The molecule has 0 aromatic carbocycles. The Kier molecular flexibility index (Phi) is 9.48. The molecule has 0 atom stereocenters. The first-order chi connectivity index (χ1) is 8.94. The topological polar surface area (TPSA) is 32.3 Å². The molecule has 1 aliphatic heterocycles. The number of piperidine rings is 1. The highest BCUT2D eigenvalue weighted by Crippen LogP contribution is 2.22. The van der Waals surface area contributed by atoms with Crippen molar-refractivity contribution in [3.63, 3.8) is 0 Å². The quantitative estimate of drug-likeness (QED) is 0.813. The van der Waals surface area contributed by atoms with Crippen molar-refractivity contribution in [1.82, 2.24) is 10.2 Å². The molecule has 1 amide bonds. The fraction of sp³-hybridized carbons (Fsp3) is 0.938. The van der Waals surface area contributed by atoms with E-state index in [1.165, 1.54) is 0 Å². The minimum Gasteiger partial charge on any atom is -0.340 e. The van der Waals surface area contributed by atoms with Gasteiger partial charge in [-0.05, 0) is 50.6 Å². The Labute approximate surface area is 131 Å². The Bertz CT molecular complexity index is 270. The van der Waals surface area contributed by atoms with E-state index in [0.717, 1.165) is 58.2 Å². The molecule has 1 fully saturated rings. The van der Waals surface area contributed by atoms with E-state index in [9.17, 15) is 4.79 Å². The number of amides is 1. The number of nitrogens with one attached hydrogen (secondary N) is 1. The summed E-state index contributed by atoms with van der Waals surface area (Å²) in [6.07, 6.45) is 6.17. The largest absolute Gasteiger partial charge is 0.340 e. The van der Waals surface area contributed by atoms with E-state index >= 15 is 0 Å². The first kappa shape index (κ1) is 19.7. The Balaban J connectivity index is 0.00000361. The summed E-state index contributed by atoms with van der Waals surface area (Å²) in [7, 11) is 0. The van der Waals surface area contributed by atoms with Crippen LogP contribution in [0.25, 0.3) is 0 Å². The van der Waals surface area contributed by atoms with E-state index in [0.29, 0.717) is 17.4 Å². The molecule has 20 heavy (non-hydrogen) atoms. The predicted molar refractivity (Wildman–Crippen MR) is 88.4 cm³/mol. The van der Waals surface area contributed by atoms with Crippen LogP contribution >= 0.6 is 12.4 Å². The molecule has 0 spiro atoms. The molecule has 1 N–H and O–H groups in total. The number of nitrogens with zero attached hydrogens (tertiary/aromatic N) is 1. The molecular weight excluding hydrogens is 272 g/mol.